The molecule has 0 saturated carbocycles. The van der Waals surface area contributed by atoms with Gasteiger partial charge in [0.05, 0.1) is 6.42 Å². The Balaban J connectivity index is 1.52. The zero-order valence-electron chi connectivity index (χ0n) is 18.8. The molecular weight excluding hydrogens is 446 g/mol. The summed E-state index contributed by atoms with van der Waals surface area (Å²) < 4.78 is 32.2. The number of amides is 2. The van der Waals surface area contributed by atoms with Crippen molar-refractivity contribution in [2.45, 2.75) is 44.6 Å². The Morgan fingerprint density at radius 2 is 1.62 bits per heavy atom. The third-order valence-corrected chi connectivity index (χ3v) is 5.86. The van der Waals surface area contributed by atoms with Crippen LogP contribution < -0.4 is 10.6 Å². The van der Waals surface area contributed by atoms with E-state index in [0.29, 0.717) is 6.42 Å². The van der Waals surface area contributed by atoms with Crippen LogP contribution in [0.15, 0.2) is 48.5 Å². The number of carboxylic acid groups (broad SMARTS) is 1. The van der Waals surface area contributed by atoms with Crippen LogP contribution in [0.2, 0.25) is 0 Å². The number of hydrogen-bond donors (Lipinski definition) is 3. The molecule has 2 aromatic carbocycles. The summed E-state index contributed by atoms with van der Waals surface area (Å²) in [7, 11) is 0. The van der Waals surface area contributed by atoms with Gasteiger partial charge in [-0.1, -0.05) is 55.5 Å². The van der Waals surface area contributed by atoms with Crippen LogP contribution in [0, 0.1) is 5.92 Å². The van der Waals surface area contributed by atoms with E-state index in [0.717, 1.165) is 22.3 Å². The van der Waals surface area contributed by atoms with Crippen LogP contribution in [0.25, 0.3) is 11.1 Å². The summed E-state index contributed by atoms with van der Waals surface area (Å²) in [6, 6.07) is 13.8. The number of ether oxygens (including phenoxy) is 1. The number of benzene rings is 2. The predicted octanol–water partition coefficient (Wildman–Crippen LogP) is 4.17. The third-order valence-electron chi connectivity index (χ3n) is 5.86. The average Bonchev–Trinajstić information content (AvgIpc) is 3.13. The molecule has 0 bridgehead atoms. The van der Waals surface area contributed by atoms with Crippen LogP contribution in [-0.4, -0.2) is 48.7 Å². The SMILES string of the molecule is CC(CCC(=O)O)CNC(=O)CC(NC(=O)OCC1c2ccccc2-c2ccccc21)C(F)F. The zero-order chi connectivity index (χ0) is 24.7. The number of aliphatic carboxylic acids is 1. The van der Waals surface area contributed by atoms with Crippen molar-refractivity contribution in [2.75, 3.05) is 13.2 Å². The summed E-state index contributed by atoms with van der Waals surface area (Å²) >= 11 is 0. The number of alkyl halides is 2. The molecule has 9 heteroatoms. The maximum atomic E-state index is 13.4. The number of rotatable bonds is 11. The lowest BCUT2D eigenvalue weighted by Gasteiger charge is -2.20. The van der Waals surface area contributed by atoms with Crippen LogP contribution in [-0.2, 0) is 14.3 Å². The second-order valence-electron chi connectivity index (χ2n) is 8.46. The van der Waals surface area contributed by atoms with E-state index in [2.05, 4.69) is 10.6 Å². The number of carbonyl (C=O) groups is 3. The van der Waals surface area contributed by atoms with E-state index >= 15 is 0 Å². The van der Waals surface area contributed by atoms with Crippen molar-refractivity contribution in [1.82, 2.24) is 10.6 Å². The van der Waals surface area contributed by atoms with Crippen molar-refractivity contribution in [3.8, 4) is 11.1 Å². The fourth-order valence-electron chi connectivity index (χ4n) is 4.03. The Labute approximate surface area is 196 Å². The van der Waals surface area contributed by atoms with Gasteiger partial charge in [-0.2, -0.15) is 0 Å². The Morgan fingerprint density at radius 1 is 1.03 bits per heavy atom. The monoisotopic (exact) mass is 474 g/mol. The van der Waals surface area contributed by atoms with Crippen molar-refractivity contribution in [1.29, 1.82) is 0 Å². The third kappa shape index (κ3) is 6.52. The molecule has 0 saturated heterocycles. The molecule has 2 amide bonds. The molecule has 0 aliphatic heterocycles. The number of fused-ring (bicyclic) bond motifs is 3. The maximum Gasteiger partial charge on any atom is 0.407 e. The molecule has 2 aromatic rings. The average molecular weight is 475 g/mol. The number of nitrogens with one attached hydrogen (secondary N) is 2. The summed E-state index contributed by atoms with van der Waals surface area (Å²) in [6.45, 7) is 1.89. The summed E-state index contributed by atoms with van der Waals surface area (Å²) in [5.74, 6) is -1.94. The molecule has 0 heterocycles. The molecule has 2 unspecified atom stereocenters. The molecule has 1 aliphatic carbocycles. The van der Waals surface area contributed by atoms with E-state index in [4.69, 9.17) is 9.84 Å². The summed E-state index contributed by atoms with van der Waals surface area (Å²) in [5, 5.41) is 13.3. The number of carboxylic acids is 1. The zero-order valence-corrected chi connectivity index (χ0v) is 18.8. The second-order valence-corrected chi connectivity index (χ2v) is 8.46. The van der Waals surface area contributed by atoms with Gasteiger partial charge < -0.3 is 20.5 Å². The first kappa shape index (κ1) is 25.1. The Morgan fingerprint density at radius 3 is 2.18 bits per heavy atom. The van der Waals surface area contributed by atoms with E-state index in [9.17, 15) is 23.2 Å². The maximum absolute atomic E-state index is 13.4. The van der Waals surface area contributed by atoms with Gasteiger partial charge in [-0.15, -0.1) is 0 Å². The normalized spacial score (nSPS) is 14.1. The van der Waals surface area contributed by atoms with Gasteiger partial charge in [-0.25, -0.2) is 13.6 Å². The number of hydrogen-bond acceptors (Lipinski definition) is 4. The van der Waals surface area contributed by atoms with Crippen LogP contribution in [0.4, 0.5) is 13.6 Å². The van der Waals surface area contributed by atoms with Crippen molar-refractivity contribution in [3.05, 3.63) is 59.7 Å². The van der Waals surface area contributed by atoms with Crippen molar-refractivity contribution in [2.24, 2.45) is 5.92 Å². The lowest BCUT2D eigenvalue weighted by Crippen LogP contribution is -2.44. The number of halogens is 2. The van der Waals surface area contributed by atoms with E-state index in [1.165, 1.54) is 0 Å². The van der Waals surface area contributed by atoms with Crippen molar-refractivity contribution >= 4 is 18.0 Å². The highest BCUT2D eigenvalue weighted by atomic mass is 19.3. The van der Waals surface area contributed by atoms with Gasteiger partial charge in [0, 0.05) is 18.9 Å². The molecule has 7 nitrogen and oxygen atoms in total. The van der Waals surface area contributed by atoms with Crippen LogP contribution >= 0.6 is 0 Å². The van der Waals surface area contributed by atoms with Gasteiger partial charge in [0.2, 0.25) is 5.91 Å². The van der Waals surface area contributed by atoms with Crippen LogP contribution in [0.1, 0.15) is 43.2 Å². The lowest BCUT2D eigenvalue weighted by atomic mass is 9.98. The molecule has 0 spiro atoms. The lowest BCUT2D eigenvalue weighted by molar-refractivity contribution is -0.137. The first-order chi connectivity index (χ1) is 16.3. The standard InChI is InChI=1S/C25H28F2N2O5/c1-15(10-11-23(31)32)13-28-22(30)12-21(24(26)27)29-25(33)34-14-20-18-8-4-2-6-16(18)17-7-3-5-9-19(17)20/h2-9,15,20-21,24H,10-14H2,1H3,(H,28,30)(H,29,33)(H,31,32). The smallest absolute Gasteiger partial charge is 0.407 e. The summed E-state index contributed by atoms with van der Waals surface area (Å²) in [4.78, 5) is 35.0. The number of carbonyl (C=O) groups excluding carboxylic acids is 2. The molecule has 1 aliphatic rings. The topological polar surface area (TPSA) is 105 Å². The first-order valence-electron chi connectivity index (χ1n) is 11.1. The molecular formula is C25H28F2N2O5. The van der Waals surface area contributed by atoms with E-state index in [1.54, 1.807) is 6.92 Å². The van der Waals surface area contributed by atoms with Gasteiger partial charge in [0.25, 0.3) is 6.43 Å². The molecule has 2 atom stereocenters. The van der Waals surface area contributed by atoms with Crippen molar-refractivity contribution in [3.63, 3.8) is 0 Å². The highest BCUT2D eigenvalue weighted by molar-refractivity contribution is 5.79. The summed E-state index contributed by atoms with van der Waals surface area (Å²) in [6.07, 6.45) is -4.29. The van der Waals surface area contributed by atoms with Gasteiger partial charge in [0.15, 0.2) is 0 Å². The molecule has 3 rings (SSSR count). The van der Waals surface area contributed by atoms with Gasteiger partial charge in [-0.3, -0.25) is 9.59 Å². The molecule has 0 radical (unpaired) electrons. The van der Waals surface area contributed by atoms with Gasteiger partial charge in [0.1, 0.15) is 12.6 Å². The molecule has 34 heavy (non-hydrogen) atoms. The van der Waals surface area contributed by atoms with E-state index in [-0.39, 0.29) is 31.4 Å². The van der Waals surface area contributed by atoms with Crippen LogP contribution in [0.3, 0.4) is 0 Å². The predicted molar refractivity (Wildman–Crippen MR) is 122 cm³/mol. The van der Waals surface area contributed by atoms with Crippen LogP contribution in [0.5, 0.6) is 0 Å². The molecule has 182 valence electrons. The molecule has 0 aromatic heterocycles. The molecule has 3 N–H and O–H groups in total. The van der Waals surface area contributed by atoms with Crippen molar-refractivity contribution < 1.29 is 33.0 Å². The van der Waals surface area contributed by atoms with Gasteiger partial charge >= 0.3 is 12.1 Å². The van der Waals surface area contributed by atoms with E-state index in [1.807, 2.05) is 48.5 Å². The Hall–Kier alpha value is -3.49. The Bertz CT molecular complexity index is 984. The minimum absolute atomic E-state index is 0.0247. The Kier molecular flexibility index (Phi) is 8.56. The second kappa shape index (κ2) is 11.6. The minimum atomic E-state index is -2.96. The minimum Gasteiger partial charge on any atom is -0.481 e. The number of alkyl carbamates (subject to hydrolysis) is 1. The fraction of sp³-hybridized carbons (Fsp3) is 0.400. The summed E-state index contributed by atoms with van der Waals surface area (Å²) in [5.41, 5.74) is 4.09. The highest BCUT2D eigenvalue weighted by Crippen LogP contribution is 2.44. The quantitative estimate of drug-likeness (QED) is 0.454. The van der Waals surface area contributed by atoms with Gasteiger partial charge in [-0.05, 0) is 34.6 Å². The van der Waals surface area contributed by atoms with E-state index < -0.39 is 36.9 Å². The first-order valence-corrected chi connectivity index (χ1v) is 11.1. The molecule has 0 fully saturated rings. The largest absolute Gasteiger partial charge is 0.481 e. The fourth-order valence-corrected chi connectivity index (χ4v) is 4.03. The highest BCUT2D eigenvalue weighted by Gasteiger charge is 2.30.